The lowest BCUT2D eigenvalue weighted by Gasteiger charge is -2.08. The van der Waals surface area contributed by atoms with Crippen molar-refractivity contribution in [2.24, 2.45) is 0 Å². The van der Waals surface area contributed by atoms with Crippen LogP contribution >= 0.6 is 0 Å². The summed E-state index contributed by atoms with van der Waals surface area (Å²) in [5.74, 6) is 0.618. The molecule has 0 atom stereocenters. The summed E-state index contributed by atoms with van der Waals surface area (Å²) in [6.07, 6.45) is 1.31. The van der Waals surface area contributed by atoms with Crippen molar-refractivity contribution >= 4 is 11.6 Å². The van der Waals surface area contributed by atoms with E-state index in [1.165, 1.54) is 0 Å². The quantitative estimate of drug-likeness (QED) is 0.714. The van der Waals surface area contributed by atoms with Gasteiger partial charge in [0.2, 0.25) is 5.91 Å². The number of nitriles is 1. The molecule has 5 heteroatoms. The third kappa shape index (κ3) is 6.76. The van der Waals surface area contributed by atoms with Crippen molar-refractivity contribution < 1.29 is 9.53 Å². The zero-order valence-corrected chi connectivity index (χ0v) is 12.0. The Kier molecular flexibility index (Phi) is 7.15. The van der Waals surface area contributed by atoms with Gasteiger partial charge in [-0.2, -0.15) is 5.26 Å². The lowest BCUT2D eigenvalue weighted by molar-refractivity contribution is -0.116. The van der Waals surface area contributed by atoms with E-state index in [0.29, 0.717) is 18.2 Å². The van der Waals surface area contributed by atoms with Crippen LogP contribution in [0.2, 0.25) is 0 Å². The van der Waals surface area contributed by atoms with E-state index in [1.807, 2.05) is 6.07 Å². The predicted octanol–water partition coefficient (Wildman–Crippen LogP) is 2.31. The Morgan fingerprint density at radius 2 is 2.05 bits per heavy atom. The minimum Gasteiger partial charge on any atom is -0.479 e. The van der Waals surface area contributed by atoms with Crippen LogP contribution < -0.4 is 15.4 Å². The summed E-state index contributed by atoms with van der Waals surface area (Å²) in [7, 11) is 0. The summed E-state index contributed by atoms with van der Waals surface area (Å²) in [6, 6.07) is 9.33. The molecular formula is C15H21N3O2. The van der Waals surface area contributed by atoms with Crippen LogP contribution in [0.3, 0.4) is 0 Å². The standard InChI is InChI=1S/C15H21N3O2/c1-12(2)17-10-3-4-15(19)18-13-5-7-14(8-6-13)20-11-9-16/h5-8,12,17H,3-4,10-11H2,1-2H3,(H,18,19). The van der Waals surface area contributed by atoms with Crippen molar-refractivity contribution in [3.05, 3.63) is 24.3 Å². The van der Waals surface area contributed by atoms with Gasteiger partial charge in [-0.1, -0.05) is 13.8 Å². The topological polar surface area (TPSA) is 74.2 Å². The van der Waals surface area contributed by atoms with E-state index < -0.39 is 0 Å². The van der Waals surface area contributed by atoms with E-state index in [0.717, 1.165) is 18.7 Å². The molecule has 20 heavy (non-hydrogen) atoms. The summed E-state index contributed by atoms with van der Waals surface area (Å²) in [4.78, 5) is 11.7. The third-order valence-corrected chi connectivity index (χ3v) is 2.57. The monoisotopic (exact) mass is 275 g/mol. The van der Waals surface area contributed by atoms with Crippen molar-refractivity contribution in [2.75, 3.05) is 18.5 Å². The highest BCUT2D eigenvalue weighted by atomic mass is 16.5. The largest absolute Gasteiger partial charge is 0.479 e. The molecule has 2 N–H and O–H groups in total. The maximum absolute atomic E-state index is 11.7. The fourth-order valence-electron chi connectivity index (χ4n) is 1.61. The number of hydrogen-bond acceptors (Lipinski definition) is 4. The number of hydrogen-bond donors (Lipinski definition) is 2. The second-order valence-corrected chi connectivity index (χ2v) is 4.73. The summed E-state index contributed by atoms with van der Waals surface area (Å²) in [6.45, 7) is 5.02. The van der Waals surface area contributed by atoms with Crippen LogP contribution in [0.15, 0.2) is 24.3 Å². The minimum absolute atomic E-state index is 0.00116. The SMILES string of the molecule is CC(C)NCCCC(=O)Nc1ccc(OCC#N)cc1. The van der Waals surface area contributed by atoms with Crippen LogP contribution in [0.5, 0.6) is 5.75 Å². The Bertz CT molecular complexity index is 449. The van der Waals surface area contributed by atoms with Crippen molar-refractivity contribution in [1.82, 2.24) is 5.32 Å². The molecular weight excluding hydrogens is 254 g/mol. The number of carbonyl (C=O) groups excluding carboxylic acids is 1. The molecule has 1 aromatic carbocycles. The highest BCUT2D eigenvalue weighted by Crippen LogP contribution is 2.15. The number of ether oxygens (including phenoxy) is 1. The third-order valence-electron chi connectivity index (χ3n) is 2.57. The smallest absolute Gasteiger partial charge is 0.224 e. The van der Waals surface area contributed by atoms with Gasteiger partial charge in [0.1, 0.15) is 11.8 Å². The van der Waals surface area contributed by atoms with Crippen molar-refractivity contribution in [2.45, 2.75) is 32.7 Å². The first-order chi connectivity index (χ1) is 9.61. The van der Waals surface area contributed by atoms with Crippen molar-refractivity contribution in [1.29, 1.82) is 5.26 Å². The lowest BCUT2D eigenvalue weighted by atomic mass is 10.2. The summed E-state index contributed by atoms with van der Waals surface area (Å²) >= 11 is 0. The summed E-state index contributed by atoms with van der Waals surface area (Å²) in [5.41, 5.74) is 0.733. The number of amides is 1. The van der Waals surface area contributed by atoms with Crippen LogP contribution in [0.4, 0.5) is 5.69 Å². The molecule has 0 fully saturated rings. The van der Waals surface area contributed by atoms with Gasteiger partial charge in [0.05, 0.1) is 0 Å². The molecule has 0 aliphatic heterocycles. The molecule has 0 saturated heterocycles. The van der Waals surface area contributed by atoms with Crippen LogP contribution in [0.25, 0.3) is 0 Å². The van der Waals surface area contributed by atoms with Crippen LogP contribution in [-0.4, -0.2) is 25.1 Å². The first-order valence-electron chi connectivity index (χ1n) is 6.75. The molecule has 0 saturated carbocycles. The Balaban J connectivity index is 2.29. The van der Waals surface area contributed by atoms with Gasteiger partial charge >= 0.3 is 0 Å². The first kappa shape index (κ1) is 16.0. The maximum Gasteiger partial charge on any atom is 0.224 e. The normalized spacial score (nSPS) is 10.1. The van der Waals surface area contributed by atoms with E-state index >= 15 is 0 Å². The molecule has 0 aliphatic rings. The molecule has 1 rings (SSSR count). The number of rotatable bonds is 8. The number of anilines is 1. The van der Waals surface area contributed by atoms with E-state index in [1.54, 1.807) is 24.3 Å². The van der Waals surface area contributed by atoms with Gasteiger partial charge in [0.25, 0.3) is 0 Å². The van der Waals surface area contributed by atoms with E-state index in [4.69, 9.17) is 10.00 Å². The maximum atomic E-state index is 11.7. The summed E-state index contributed by atoms with van der Waals surface area (Å²) < 4.78 is 5.13. The zero-order valence-electron chi connectivity index (χ0n) is 12.0. The fraction of sp³-hybridized carbons (Fsp3) is 0.467. The van der Waals surface area contributed by atoms with Crippen LogP contribution in [0, 0.1) is 11.3 Å². The number of nitrogens with zero attached hydrogens (tertiary/aromatic N) is 1. The Morgan fingerprint density at radius 3 is 2.65 bits per heavy atom. The molecule has 0 spiro atoms. The first-order valence-corrected chi connectivity index (χ1v) is 6.75. The molecule has 5 nitrogen and oxygen atoms in total. The van der Waals surface area contributed by atoms with Crippen molar-refractivity contribution in [3.8, 4) is 11.8 Å². The van der Waals surface area contributed by atoms with E-state index in [2.05, 4.69) is 24.5 Å². The second kappa shape index (κ2) is 8.94. The Labute approximate surface area is 119 Å². The van der Waals surface area contributed by atoms with E-state index in [-0.39, 0.29) is 12.5 Å². The number of carbonyl (C=O) groups is 1. The molecule has 1 amide bonds. The van der Waals surface area contributed by atoms with Gasteiger partial charge in [0.15, 0.2) is 6.61 Å². The second-order valence-electron chi connectivity index (χ2n) is 4.73. The lowest BCUT2D eigenvalue weighted by Crippen LogP contribution is -2.24. The molecule has 0 aliphatic carbocycles. The molecule has 0 heterocycles. The molecule has 108 valence electrons. The molecule has 1 aromatic rings. The summed E-state index contributed by atoms with van der Waals surface area (Å²) in [5, 5.41) is 14.5. The van der Waals surface area contributed by atoms with Crippen molar-refractivity contribution in [3.63, 3.8) is 0 Å². The van der Waals surface area contributed by atoms with Gasteiger partial charge in [-0.05, 0) is 37.2 Å². The highest BCUT2D eigenvalue weighted by Gasteiger charge is 2.03. The Hall–Kier alpha value is -2.06. The van der Waals surface area contributed by atoms with Gasteiger partial charge in [-0.25, -0.2) is 0 Å². The number of benzene rings is 1. The van der Waals surface area contributed by atoms with Crippen LogP contribution in [-0.2, 0) is 4.79 Å². The minimum atomic E-state index is 0.00116. The molecule has 0 unspecified atom stereocenters. The van der Waals surface area contributed by atoms with Gasteiger partial charge < -0.3 is 15.4 Å². The van der Waals surface area contributed by atoms with E-state index in [9.17, 15) is 4.79 Å². The molecule has 0 aromatic heterocycles. The molecule has 0 radical (unpaired) electrons. The van der Waals surface area contributed by atoms with Gasteiger partial charge in [-0.3, -0.25) is 4.79 Å². The highest BCUT2D eigenvalue weighted by molar-refractivity contribution is 5.90. The average molecular weight is 275 g/mol. The molecule has 0 bridgehead atoms. The Morgan fingerprint density at radius 1 is 1.35 bits per heavy atom. The fourth-order valence-corrected chi connectivity index (χ4v) is 1.61. The van der Waals surface area contributed by atoms with Gasteiger partial charge in [0, 0.05) is 18.2 Å². The number of nitrogens with one attached hydrogen (secondary N) is 2. The zero-order chi connectivity index (χ0) is 14.8. The predicted molar refractivity (Wildman–Crippen MR) is 78.6 cm³/mol. The van der Waals surface area contributed by atoms with Gasteiger partial charge in [-0.15, -0.1) is 0 Å². The average Bonchev–Trinajstić information content (AvgIpc) is 2.43. The van der Waals surface area contributed by atoms with Crippen LogP contribution in [0.1, 0.15) is 26.7 Å².